The van der Waals surface area contributed by atoms with Crippen molar-refractivity contribution in [3.63, 3.8) is 0 Å². The molecule has 6 nitrogen and oxygen atoms in total. The molecule has 1 fully saturated rings. The van der Waals surface area contributed by atoms with Gasteiger partial charge in [-0.25, -0.2) is 8.42 Å². The molecular formula is C21H27N3O3S2. The maximum absolute atomic E-state index is 12.9. The maximum Gasteiger partial charge on any atom is 0.238 e. The fourth-order valence-electron chi connectivity index (χ4n) is 3.25. The van der Waals surface area contributed by atoms with Crippen LogP contribution in [0, 0.1) is 0 Å². The topological polar surface area (TPSA) is 69.7 Å². The molecule has 0 aromatic heterocycles. The highest BCUT2D eigenvalue weighted by Gasteiger charge is 2.24. The van der Waals surface area contributed by atoms with Gasteiger partial charge in [-0.05, 0) is 17.7 Å². The zero-order valence-corrected chi connectivity index (χ0v) is 18.2. The fourth-order valence-corrected chi connectivity index (χ4v) is 5.15. The minimum absolute atomic E-state index is 0.0141. The number of amides is 1. The van der Waals surface area contributed by atoms with Crippen LogP contribution < -0.4 is 5.32 Å². The van der Waals surface area contributed by atoms with Gasteiger partial charge < -0.3 is 5.32 Å². The Labute approximate surface area is 177 Å². The third kappa shape index (κ3) is 6.57. The fraction of sp³-hybridized carbons (Fsp3) is 0.381. The molecule has 0 radical (unpaired) electrons. The lowest BCUT2D eigenvalue weighted by molar-refractivity contribution is -0.120. The lowest BCUT2D eigenvalue weighted by Crippen LogP contribution is -2.50. The predicted octanol–water partition coefficient (Wildman–Crippen LogP) is 2.21. The summed E-state index contributed by atoms with van der Waals surface area (Å²) in [5.41, 5.74) is 0.973. The Bertz CT molecular complexity index is 884. The van der Waals surface area contributed by atoms with Gasteiger partial charge in [0.25, 0.3) is 0 Å². The number of thioether (sulfide) groups is 1. The molecule has 1 atom stereocenters. The van der Waals surface area contributed by atoms with Crippen molar-refractivity contribution in [1.29, 1.82) is 0 Å². The van der Waals surface area contributed by atoms with E-state index < -0.39 is 10.0 Å². The standard InChI is InChI=1S/C21H27N3O3S2/c1-29(26,27)24-16-14-23(15-17-24)13-12-22-21(25)20(18-8-4-2-5-9-18)28-19-10-6-3-7-11-19/h2-11,20H,12-17H2,1H3,(H,22,25). The molecule has 1 saturated heterocycles. The molecule has 8 heteroatoms. The van der Waals surface area contributed by atoms with Crippen LogP contribution in [0.5, 0.6) is 0 Å². The molecule has 0 bridgehead atoms. The second kappa shape index (κ2) is 10.2. The van der Waals surface area contributed by atoms with Gasteiger partial charge in [-0.15, -0.1) is 11.8 Å². The molecule has 1 unspecified atom stereocenters. The van der Waals surface area contributed by atoms with Crippen molar-refractivity contribution in [2.24, 2.45) is 0 Å². The molecule has 29 heavy (non-hydrogen) atoms. The second-order valence-corrected chi connectivity index (χ2v) is 10.2. The minimum Gasteiger partial charge on any atom is -0.354 e. The number of piperazine rings is 1. The second-order valence-electron chi connectivity index (χ2n) is 7.02. The van der Waals surface area contributed by atoms with Crippen LogP contribution in [0.4, 0.5) is 0 Å². The summed E-state index contributed by atoms with van der Waals surface area (Å²) in [5, 5.41) is 2.74. The first-order valence-electron chi connectivity index (χ1n) is 9.65. The number of nitrogens with zero attached hydrogens (tertiary/aromatic N) is 2. The van der Waals surface area contributed by atoms with Gasteiger partial charge in [0, 0.05) is 44.2 Å². The largest absolute Gasteiger partial charge is 0.354 e. The SMILES string of the molecule is CS(=O)(=O)N1CCN(CCNC(=O)C(Sc2ccccc2)c2ccccc2)CC1. The van der Waals surface area contributed by atoms with Crippen LogP contribution in [0.15, 0.2) is 65.6 Å². The van der Waals surface area contributed by atoms with E-state index in [0.717, 1.165) is 10.5 Å². The molecule has 2 aromatic carbocycles. The third-order valence-electron chi connectivity index (χ3n) is 4.87. The summed E-state index contributed by atoms with van der Waals surface area (Å²) in [6.45, 7) is 3.62. The molecule has 1 aliphatic rings. The smallest absolute Gasteiger partial charge is 0.238 e. The highest BCUT2D eigenvalue weighted by molar-refractivity contribution is 8.00. The number of nitrogens with one attached hydrogen (secondary N) is 1. The van der Waals surface area contributed by atoms with E-state index in [1.807, 2.05) is 60.7 Å². The van der Waals surface area contributed by atoms with Gasteiger partial charge in [-0.3, -0.25) is 9.69 Å². The predicted molar refractivity (Wildman–Crippen MR) is 117 cm³/mol. The number of benzene rings is 2. The Morgan fingerprint density at radius 3 is 2.17 bits per heavy atom. The Kier molecular flexibility index (Phi) is 7.71. The van der Waals surface area contributed by atoms with Crippen LogP contribution in [0.2, 0.25) is 0 Å². The van der Waals surface area contributed by atoms with E-state index >= 15 is 0 Å². The van der Waals surface area contributed by atoms with Gasteiger partial charge in [-0.2, -0.15) is 4.31 Å². The molecule has 0 spiro atoms. The first kappa shape index (κ1) is 21.8. The van der Waals surface area contributed by atoms with Gasteiger partial charge in [0.05, 0.1) is 6.26 Å². The van der Waals surface area contributed by atoms with Gasteiger partial charge in [0.15, 0.2) is 0 Å². The number of hydrogen-bond acceptors (Lipinski definition) is 5. The van der Waals surface area contributed by atoms with E-state index in [0.29, 0.717) is 39.3 Å². The number of carbonyl (C=O) groups is 1. The molecule has 1 amide bonds. The van der Waals surface area contributed by atoms with Crippen molar-refractivity contribution < 1.29 is 13.2 Å². The van der Waals surface area contributed by atoms with Crippen LogP contribution in [-0.4, -0.2) is 69.1 Å². The molecular weight excluding hydrogens is 406 g/mol. The highest BCUT2D eigenvalue weighted by Crippen LogP contribution is 2.35. The lowest BCUT2D eigenvalue weighted by atomic mass is 10.1. The first-order valence-corrected chi connectivity index (χ1v) is 12.4. The molecule has 1 N–H and O–H groups in total. The summed E-state index contributed by atoms with van der Waals surface area (Å²) >= 11 is 1.54. The highest BCUT2D eigenvalue weighted by atomic mass is 32.2. The van der Waals surface area contributed by atoms with Gasteiger partial charge in [-0.1, -0.05) is 48.5 Å². The van der Waals surface area contributed by atoms with E-state index in [4.69, 9.17) is 0 Å². The zero-order chi connectivity index (χ0) is 20.7. The Morgan fingerprint density at radius 2 is 1.59 bits per heavy atom. The van der Waals surface area contributed by atoms with E-state index in [9.17, 15) is 13.2 Å². The number of rotatable bonds is 8. The third-order valence-corrected chi connectivity index (χ3v) is 7.43. The summed E-state index contributed by atoms with van der Waals surface area (Å²) in [6, 6.07) is 19.7. The van der Waals surface area contributed by atoms with Crippen molar-refractivity contribution in [3.8, 4) is 0 Å². The van der Waals surface area contributed by atoms with Crippen LogP contribution in [0.25, 0.3) is 0 Å². The Morgan fingerprint density at radius 1 is 1.00 bits per heavy atom. The number of hydrogen-bond donors (Lipinski definition) is 1. The molecule has 156 valence electrons. The summed E-state index contributed by atoms with van der Waals surface area (Å²) in [7, 11) is -3.12. The summed E-state index contributed by atoms with van der Waals surface area (Å²) in [6.07, 6.45) is 1.25. The Balaban J connectivity index is 1.54. The minimum atomic E-state index is -3.12. The molecule has 2 aromatic rings. The van der Waals surface area contributed by atoms with Crippen molar-refractivity contribution in [2.75, 3.05) is 45.5 Å². The summed E-state index contributed by atoms with van der Waals surface area (Å²) in [4.78, 5) is 16.2. The summed E-state index contributed by atoms with van der Waals surface area (Å²) in [5.74, 6) is -0.0141. The number of carbonyl (C=O) groups excluding carboxylic acids is 1. The first-order chi connectivity index (χ1) is 13.9. The molecule has 0 saturated carbocycles. The van der Waals surface area contributed by atoms with Crippen molar-refractivity contribution in [2.45, 2.75) is 10.1 Å². The number of sulfonamides is 1. The molecule has 3 rings (SSSR count). The van der Waals surface area contributed by atoms with Gasteiger partial charge in [0.2, 0.25) is 15.9 Å². The van der Waals surface area contributed by atoms with Crippen molar-refractivity contribution in [3.05, 3.63) is 66.2 Å². The van der Waals surface area contributed by atoms with Gasteiger partial charge >= 0.3 is 0 Å². The van der Waals surface area contributed by atoms with Crippen LogP contribution in [0.1, 0.15) is 10.8 Å². The van der Waals surface area contributed by atoms with Crippen LogP contribution in [0.3, 0.4) is 0 Å². The van der Waals surface area contributed by atoms with E-state index in [1.54, 1.807) is 0 Å². The molecule has 1 aliphatic heterocycles. The normalized spacial score (nSPS) is 17.0. The van der Waals surface area contributed by atoms with Gasteiger partial charge in [0.1, 0.15) is 5.25 Å². The summed E-state index contributed by atoms with van der Waals surface area (Å²) < 4.78 is 24.7. The maximum atomic E-state index is 12.9. The Hall–Kier alpha value is -1.87. The van der Waals surface area contributed by atoms with Crippen LogP contribution >= 0.6 is 11.8 Å². The van der Waals surface area contributed by atoms with Crippen molar-refractivity contribution >= 4 is 27.7 Å². The van der Waals surface area contributed by atoms with Crippen LogP contribution in [-0.2, 0) is 14.8 Å². The quantitative estimate of drug-likeness (QED) is 0.647. The molecule has 1 heterocycles. The lowest BCUT2D eigenvalue weighted by Gasteiger charge is -2.33. The van der Waals surface area contributed by atoms with E-state index in [-0.39, 0.29) is 11.2 Å². The van der Waals surface area contributed by atoms with E-state index in [2.05, 4.69) is 10.2 Å². The average molecular weight is 434 g/mol. The zero-order valence-electron chi connectivity index (χ0n) is 16.5. The average Bonchev–Trinajstić information content (AvgIpc) is 2.73. The van der Waals surface area contributed by atoms with Crippen molar-refractivity contribution in [1.82, 2.24) is 14.5 Å². The molecule has 0 aliphatic carbocycles. The van der Waals surface area contributed by atoms with E-state index in [1.165, 1.54) is 22.3 Å². The monoisotopic (exact) mass is 433 g/mol.